The number of aromatic nitrogens is 1. The molecule has 0 fully saturated rings. The third-order valence-corrected chi connectivity index (χ3v) is 2.90. The van der Waals surface area contributed by atoms with Gasteiger partial charge in [0.1, 0.15) is 5.82 Å². The van der Waals surface area contributed by atoms with E-state index >= 15 is 0 Å². The summed E-state index contributed by atoms with van der Waals surface area (Å²) < 4.78 is 18.3. The van der Waals surface area contributed by atoms with Gasteiger partial charge in [0.25, 0.3) is 5.91 Å². The van der Waals surface area contributed by atoms with Crippen LogP contribution in [-0.4, -0.2) is 18.0 Å². The number of benzene rings is 1. The van der Waals surface area contributed by atoms with E-state index in [0.717, 1.165) is 5.56 Å². The average Bonchev–Trinajstić information content (AvgIpc) is 2.47. The molecule has 0 unspecified atom stereocenters. The summed E-state index contributed by atoms with van der Waals surface area (Å²) in [4.78, 5) is 16.0. The van der Waals surface area contributed by atoms with Crippen molar-refractivity contribution in [2.75, 3.05) is 7.11 Å². The van der Waals surface area contributed by atoms with Crippen LogP contribution in [0.15, 0.2) is 36.5 Å². The first-order valence-electron chi connectivity index (χ1n) is 6.14. The van der Waals surface area contributed by atoms with Gasteiger partial charge in [0.05, 0.1) is 7.11 Å². The highest BCUT2D eigenvalue weighted by Gasteiger charge is 2.09. The summed E-state index contributed by atoms with van der Waals surface area (Å²) >= 11 is 0. The number of hydrogen-bond donors (Lipinski definition) is 1. The van der Waals surface area contributed by atoms with Gasteiger partial charge in [0.15, 0.2) is 0 Å². The molecular formula is C15H15FN2O2. The Morgan fingerprint density at radius 1 is 1.40 bits per heavy atom. The summed E-state index contributed by atoms with van der Waals surface area (Å²) in [5, 5.41) is 2.76. The lowest BCUT2D eigenvalue weighted by molar-refractivity contribution is 0.0950. The van der Waals surface area contributed by atoms with Crippen LogP contribution in [0.4, 0.5) is 4.39 Å². The number of methoxy groups -OCH3 is 1. The van der Waals surface area contributed by atoms with Crippen LogP contribution in [0.5, 0.6) is 5.88 Å². The number of ether oxygens (including phenoxy) is 1. The smallest absolute Gasteiger partial charge is 0.251 e. The highest BCUT2D eigenvalue weighted by molar-refractivity contribution is 5.94. The van der Waals surface area contributed by atoms with Crippen LogP contribution < -0.4 is 10.1 Å². The lowest BCUT2D eigenvalue weighted by Gasteiger charge is -2.09. The van der Waals surface area contributed by atoms with Crippen LogP contribution >= 0.6 is 0 Å². The number of carbonyl (C=O) groups excluding carboxylic acids is 1. The van der Waals surface area contributed by atoms with Crippen molar-refractivity contribution in [3.8, 4) is 5.88 Å². The minimum atomic E-state index is -0.324. The van der Waals surface area contributed by atoms with Gasteiger partial charge in [-0.2, -0.15) is 0 Å². The lowest BCUT2D eigenvalue weighted by Crippen LogP contribution is -2.23. The van der Waals surface area contributed by atoms with E-state index in [1.807, 2.05) is 6.07 Å². The molecule has 4 nitrogen and oxygen atoms in total. The Morgan fingerprint density at radius 2 is 2.20 bits per heavy atom. The second-order valence-corrected chi connectivity index (χ2v) is 4.32. The fourth-order valence-electron chi connectivity index (χ4n) is 1.81. The molecule has 0 aliphatic carbocycles. The third kappa shape index (κ3) is 3.12. The molecule has 0 radical (unpaired) electrons. The van der Waals surface area contributed by atoms with Gasteiger partial charge in [-0.15, -0.1) is 0 Å². The molecule has 0 atom stereocenters. The van der Waals surface area contributed by atoms with Crippen molar-refractivity contribution in [3.63, 3.8) is 0 Å². The number of carbonyl (C=O) groups is 1. The van der Waals surface area contributed by atoms with Crippen LogP contribution in [0.2, 0.25) is 0 Å². The van der Waals surface area contributed by atoms with E-state index in [9.17, 15) is 9.18 Å². The van der Waals surface area contributed by atoms with E-state index in [4.69, 9.17) is 4.74 Å². The summed E-state index contributed by atoms with van der Waals surface area (Å²) in [7, 11) is 1.52. The number of nitrogens with zero attached hydrogens (tertiary/aromatic N) is 1. The van der Waals surface area contributed by atoms with Crippen LogP contribution in [0.3, 0.4) is 0 Å². The quantitative estimate of drug-likeness (QED) is 0.931. The second kappa shape index (κ2) is 6.14. The Hall–Kier alpha value is -2.43. The largest absolute Gasteiger partial charge is 0.481 e. The molecule has 1 aromatic heterocycles. The molecule has 0 saturated carbocycles. The molecule has 0 aliphatic rings. The molecule has 1 aromatic carbocycles. The van der Waals surface area contributed by atoms with Crippen LogP contribution in [0.1, 0.15) is 21.5 Å². The van der Waals surface area contributed by atoms with Gasteiger partial charge in [-0.25, -0.2) is 9.37 Å². The standard InChI is InChI=1S/C15H15FN2O2/c1-10-8-11(5-6-13(10)16)14(19)18-9-12-4-3-7-17-15(12)20-2/h3-8H,9H2,1-2H3,(H,18,19). The third-order valence-electron chi connectivity index (χ3n) is 2.90. The maximum Gasteiger partial charge on any atom is 0.251 e. The van der Waals surface area contributed by atoms with Gasteiger partial charge in [-0.1, -0.05) is 6.07 Å². The van der Waals surface area contributed by atoms with Crippen LogP contribution in [0.25, 0.3) is 0 Å². The van der Waals surface area contributed by atoms with E-state index in [-0.39, 0.29) is 11.7 Å². The minimum Gasteiger partial charge on any atom is -0.481 e. The zero-order valence-electron chi connectivity index (χ0n) is 11.3. The van der Waals surface area contributed by atoms with Crippen LogP contribution in [0, 0.1) is 12.7 Å². The van der Waals surface area contributed by atoms with E-state index in [1.165, 1.54) is 25.3 Å². The molecule has 2 aromatic rings. The van der Waals surface area contributed by atoms with Gasteiger partial charge in [0, 0.05) is 23.9 Å². The van der Waals surface area contributed by atoms with Crippen molar-refractivity contribution >= 4 is 5.91 Å². The maximum atomic E-state index is 13.2. The predicted octanol–water partition coefficient (Wildman–Crippen LogP) is 2.47. The minimum absolute atomic E-state index is 0.265. The van der Waals surface area contributed by atoms with Crippen molar-refractivity contribution in [1.29, 1.82) is 0 Å². The van der Waals surface area contributed by atoms with Gasteiger partial charge in [0.2, 0.25) is 5.88 Å². The summed E-state index contributed by atoms with van der Waals surface area (Å²) in [5.74, 6) is -0.113. The fourth-order valence-corrected chi connectivity index (χ4v) is 1.81. The summed E-state index contributed by atoms with van der Waals surface area (Å²) in [5.41, 5.74) is 1.64. The number of aryl methyl sites for hydroxylation is 1. The normalized spacial score (nSPS) is 10.2. The topological polar surface area (TPSA) is 51.2 Å². The molecule has 0 spiro atoms. The first kappa shape index (κ1) is 14.0. The van der Waals surface area contributed by atoms with Gasteiger partial charge in [-0.3, -0.25) is 4.79 Å². The van der Waals surface area contributed by atoms with Crippen molar-refractivity contribution in [2.24, 2.45) is 0 Å². The Labute approximate surface area is 116 Å². The first-order valence-corrected chi connectivity index (χ1v) is 6.14. The molecule has 0 aliphatic heterocycles. The molecule has 2 rings (SSSR count). The maximum absolute atomic E-state index is 13.2. The number of pyridine rings is 1. The Morgan fingerprint density at radius 3 is 2.90 bits per heavy atom. The van der Waals surface area contributed by atoms with E-state index in [2.05, 4.69) is 10.3 Å². The molecule has 1 heterocycles. The summed E-state index contributed by atoms with van der Waals surface area (Å²) in [6.45, 7) is 1.92. The summed E-state index contributed by atoms with van der Waals surface area (Å²) in [6.07, 6.45) is 1.62. The number of nitrogens with one attached hydrogen (secondary N) is 1. The highest BCUT2D eigenvalue weighted by atomic mass is 19.1. The Kier molecular flexibility index (Phi) is 4.30. The van der Waals surface area contributed by atoms with Gasteiger partial charge >= 0.3 is 0 Å². The SMILES string of the molecule is COc1ncccc1CNC(=O)c1ccc(F)c(C)c1. The zero-order chi connectivity index (χ0) is 14.5. The van der Waals surface area contributed by atoms with Crippen LogP contribution in [-0.2, 0) is 6.54 Å². The summed E-state index contributed by atoms with van der Waals surface area (Å²) in [6, 6.07) is 7.85. The molecule has 20 heavy (non-hydrogen) atoms. The van der Waals surface area contributed by atoms with Crippen molar-refractivity contribution < 1.29 is 13.9 Å². The first-order chi connectivity index (χ1) is 9.61. The molecule has 0 bridgehead atoms. The molecule has 0 saturated heterocycles. The van der Waals surface area contributed by atoms with E-state index in [1.54, 1.807) is 19.2 Å². The molecule has 1 N–H and O–H groups in total. The average molecular weight is 274 g/mol. The number of rotatable bonds is 4. The molecule has 1 amide bonds. The van der Waals surface area contributed by atoms with E-state index in [0.29, 0.717) is 23.6 Å². The number of halogens is 1. The predicted molar refractivity (Wildman–Crippen MR) is 73.1 cm³/mol. The molecular weight excluding hydrogens is 259 g/mol. The van der Waals surface area contributed by atoms with Crippen molar-refractivity contribution in [3.05, 3.63) is 59.0 Å². The Balaban J connectivity index is 2.06. The van der Waals surface area contributed by atoms with Gasteiger partial charge < -0.3 is 10.1 Å². The van der Waals surface area contributed by atoms with Crippen molar-refractivity contribution in [1.82, 2.24) is 10.3 Å². The number of amides is 1. The number of hydrogen-bond acceptors (Lipinski definition) is 3. The zero-order valence-corrected chi connectivity index (χ0v) is 11.3. The highest BCUT2D eigenvalue weighted by Crippen LogP contribution is 2.14. The monoisotopic (exact) mass is 274 g/mol. The Bertz CT molecular complexity index is 629. The molecule has 5 heteroatoms. The van der Waals surface area contributed by atoms with E-state index < -0.39 is 0 Å². The van der Waals surface area contributed by atoms with Crippen molar-refractivity contribution in [2.45, 2.75) is 13.5 Å². The second-order valence-electron chi connectivity index (χ2n) is 4.32. The van der Waals surface area contributed by atoms with Gasteiger partial charge in [-0.05, 0) is 36.8 Å². The fraction of sp³-hybridized carbons (Fsp3) is 0.200. The molecule has 104 valence electrons. The lowest BCUT2D eigenvalue weighted by atomic mass is 10.1.